The first-order valence-corrected chi connectivity index (χ1v) is 12.5. The van der Waals surface area contributed by atoms with Gasteiger partial charge in [0.1, 0.15) is 0 Å². The van der Waals surface area contributed by atoms with Crippen molar-refractivity contribution in [1.82, 2.24) is 0 Å². The van der Waals surface area contributed by atoms with Gasteiger partial charge in [-0.1, -0.05) is 66.2 Å². The molecule has 0 radical (unpaired) electrons. The SMILES string of the molecule is CCCCCCCCCN1CCCc2c(C)c(CC(=O)O)c(C)c(NC(=O)C(C)(C)C)c21. The molecule has 0 spiro atoms. The van der Waals surface area contributed by atoms with Crippen molar-refractivity contribution in [1.29, 1.82) is 0 Å². The van der Waals surface area contributed by atoms with Gasteiger partial charge in [-0.2, -0.15) is 0 Å². The Bertz CT molecular complexity index is 808. The number of aliphatic carboxylic acids is 1. The molecule has 0 aliphatic carbocycles. The van der Waals surface area contributed by atoms with Gasteiger partial charge in [-0.3, -0.25) is 9.59 Å². The molecule has 0 saturated carbocycles. The summed E-state index contributed by atoms with van der Waals surface area (Å²) in [5.41, 5.74) is 5.47. The Morgan fingerprint density at radius 1 is 1.00 bits per heavy atom. The minimum Gasteiger partial charge on any atom is -0.481 e. The molecule has 0 aromatic heterocycles. The second kappa shape index (κ2) is 11.7. The highest BCUT2D eigenvalue weighted by Gasteiger charge is 2.30. The Kier molecular flexibility index (Phi) is 9.60. The van der Waals surface area contributed by atoms with Crippen LogP contribution in [-0.4, -0.2) is 30.1 Å². The highest BCUT2D eigenvalue weighted by atomic mass is 16.4. The average molecular weight is 445 g/mol. The Hall–Kier alpha value is -2.04. The molecule has 2 N–H and O–H groups in total. The molecule has 32 heavy (non-hydrogen) atoms. The van der Waals surface area contributed by atoms with E-state index in [1.165, 1.54) is 44.1 Å². The quantitative estimate of drug-likeness (QED) is 0.386. The maximum absolute atomic E-state index is 12.9. The van der Waals surface area contributed by atoms with Crippen molar-refractivity contribution in [3.8, 4) is 0 Å². The number of hydrogen-bond donors (Lipinski definition) is 2. The molecule has 0 fully saturated rings. The fourth-order valence-electron chi connectivity index (χ4n) is 4.69. The van der Waals surface area contributed by atoms with Gasteiger partial charge in [0.15, 0.2) is 0 Å². The molecule has 5 heteroatoms. The van der Waals surface area contributed by atoms with Crippen LogP contribution in [0.4, 0.5) is 11.4 Å². The van der Waals surface area contributed by atoms with E-state index < -0.39 is 11.4 Å². The number of nitrogens with one attached hydrogen (secondary N) is 1. The van der Waals surface area contributed by atoms with E-state index in [2.05, 4.69) is 24.1 Å². The van der Waals surface area contributed by atoms with Crippen LogP contribution in [0.3, 0.4) is 0 Å². The number of rotatable bonds is 11. The third-order valence-electron chi connectivity index (χ3n) is 6.71. The monoisotopic (exact) mass is 444 g/mol. The van der Waals surface area contributed by atoms with Gasteiger partial charge in [0.2, 0.25) is 5.91 Å². The number of benzene rings is 1. The summed E-state index contributed by atoms with van der Waals surface area (Å²) in [5, 5.41) is 12.7. The van der Waals surface area contributed by atoms with Gasteiger partial charge in [-0.15, -0.1) is 0 Å². The predicted octanol–water partition coefficient (Wildman–Crippen LogP) is 6.42. The maximum atomic E-state index is 12.9. The summed E-state index contributed by atoms with van der Waals surface area (Å²) in [6.45, 7) is 14.0. The van der Waals surface area contributed by atoms with Crippen molar-refractivity contribution >= 4 is 23.3 Å². The average Bonchev–Trinajstić information content (AvgIpc) is 2.72. The Balaban J connectivity index is 2.34. The summed E-state index contributed by atoms with van der Waals surface area (Å²) in [4.78, 5) is 26.9. The van der Waals surface area contributed by atoms with Gasteiger partial charge in [0.25, 0.3) is 0 Å². The molecular weight excluding hydrogens is 400 g/mol. The van der Waals surface area contributed by atoms with Crippen molar-refractivity contribution in [3.63, 3.8) is 0 Å². The summed E-state index contributed by atoms with van der Waals surface area (Å²) in [6, 6.07) is 0. The van der Waals surface area contributed by atoms with Crippen LogP contribution in [0.15, 0.2) is 0 Å². The Morgan fingerprint density at radius 2 is 1.62 bits per heavy atom. The zero-order valence-corrected chi connectivity index (χ0v) is 21.2. The van der Waals surface area contributed by atoms with Crippen molar-refractivity contribution < 1.29 is 14.7 Å². The maximum Gasteiger partial charge on any atom is 0.307 e. The lowest BCUT2D eigenvalue weighted by atomic mass is 9.86. The van der Waals surface area contributed by atoms with Crippen LogP contribution >= 0.6 is 0 Å². The van der Waals surface area contributed by atoms with Crippen LogP contribution in [0, 0.1) is 19.3 Å². The number of carbonyl (C=O) groups excluding carboxylic acids is 1. The van der Waals surface area contributed by atoms with E-state index in [0.717, 1.165) is 60.4 Å². The number of unbranched alkanes of at least 4 members (excludes halogenated alkanes) is 6. The normalized spacial score (nSPS) is 13.8. The molecule has 0 saturated heterocycles. The van der Waals surface area contributed by atoms with E-state index in [1.54, 1.807) is 0 Å². The van der Waals surface area contributed by atoms with Crippen molar-refractivity contribution in [2.24, 2.45) is 5.41 Å². The van der Waals surface area contributed by atoms with Crippen LogP contribution in [0.25, 0.3) is 0 Å². The largest absolute Gasteiger partial charge is 0.481 e. The third kappa shape index (κ3) is 6.73. The molecule has 0 bridgehead atoms. The first-order chi connectivity index (χ1) is 15.1. The van der Waals surface area contributed by atoms with Gasteiger partial charge in [0, 0.05) is 18.5 Å². The van der Waals surface area contributed by atoms with Crippen LogP contribution in [0.5, 0.6) is 0 Å². The van der Waals surface area contributed by atoms with Crippen LogP contribution in [-0.2, 0) is 22.4 Å². The fraction of sp³-hybridized carbons (Fsp3) is 0.704. The van der Waals surface area contributed by atoms with Gasteiger partial charge >= 0.3 is 5.97 Å². The van der Waals surface area contributed by atoms with Crippen molar-refractivity contribution in [3.05, 3.63) is 22.3 Å². The number of carboxylic acids is 1. The molecule has 1 aliphatic rings. The Morgan fingerprint density at radius 3 is 2.22 bits per heavy atom. The molecule has 1 amide bonds. The van der Waals surface area contributed by atoms with E-state index in [-0.39, 0.29) is 12.3 Å². The molecule has 0 atom stereocenters. The smallest absolute Gasteiger partial charge is 0.307 e. The van der Waals surface area contributed by atoms with Crippen LogP contribution in [0.1, 0.15) is 101 Å². The number of carbonyl (C=O) groups is 2. The van der Waals surface area contributed by atoms with E-state index in [9.17, 15) is 14.7 Å². The molecule has 180 valence electrons. The molecule has 1 aromatic carbocycles. The zero-order chi connectivity index (χ0) is 23.9. The molecule has 5 nitrogen and oxygen atoms in total. The number of hydrogen-bond acceptors (Lipinski definition) is 3. The minimum atomic E-state index is -0.833. The van der Waals surface area contributed by atoms with E-state index >= 15 is 0 Å². The predicted molar refractivity (Wildman–Crippen MR) is 134 cm³/mol. The standard InChI is InChI=1S/C27H44N2O3/c1-7-8-9-10-11-12-13-16-29-17-14-15-21-19(2)22(18-23(30)31)20(3)24(25(21)29)28-26(32)27(4,5)6/h7-18H2,1-6H3,(H,28,32)(H,30,31). The fourth-order valence-corrected chi connectivity index (χ4v) is 4.69. The van der Waals surface area contributed by atoms with Gasteiger partial charge in [-0.25, -0.2) is 0 Å². The van der Waals surface area contributed by atoms with E-state index in [0.29, 0.717) is 0 Å². The molecule has 0 unspecified atom stereocenters. The Labute approximate surface area is 195 Å². The van der Waals surface area contributed by atoms with E-state index in [1.807, 2.05) is 27.7 Å². The number of fused-ring (bicyclic) bond motifs is 1. The van der Waals surface area contributed by atoms with Crippen molar-refractivity contribution in [2.75, 3.05) is 23.3 Å². The van der Waals surface area contributed by atoms with E-state index in [4.69, 9.17) is 0 Å². The van der Waals surface area contributed by atoms with Gasteiger partial charge in [-0.05, 0) is 55.4 Å². The second-order valence-electron chi connectivity index (χ2n) is 10.4. The van der Waals surface area contributed by atoms with Crippen LogP contribution in [0.2, 0.25) is 0 Å². The third-order valence-corrected chi connectivity index (χ3v) is 6.71. The summed E-state index contributed by atoms with van der Waals surface area (Å²) in [5.74, 6) is -0.866. The summed E-state index contributed by atoms with van der Waals surface area (Å²) in [7, 11) is 0. The number of carboxylic acid groups (broad SMARTS) is 1. The minimum absolute atomic E-state index is 0.0128. The van der Waals surface area contributed by atoms with Gasteiger partial charge < -0.3 is 15.3 Å². The molecule has 2 rings (SSSR count). The van der Waals surface area contributed by atoms with Gasteiger partial charge in [0.05, 0.1) is 17.8 Å². The lowest BCUT2D eigenvalue weighted by Gasteiger charge is -2.37. The van der Waals surface area contributed by atoms with Crippen molar-refractivity contribution in [2.45, 2.75) is 106 Å². The first-order valence-electron chi connectivity index (χ1n) is 12.5. The summed E-state index contributed by atoms with van der Waals surface area (Å²) >= 11 is 0. The molecule has 1 aromatic rings. The highest BCUT2D eigenvalue weighted by molar-refractivity contribution is 6.00. The number of anilines is 2. The number of nitrogens with zero attached hydrogens (tertiary/aromatic N) is 1. The second-order valence-corrected chi connectivity index (χ2v) is 10.4. The van der Waals surface area contributed by atoms with Crippen LogP contribution < -0.4 is 10.2 Å². The molecule has 1 heterocycles. The first kappa shape index (κ1) is 26.2. The lowest BCUT2D eigenvalue weighted by molar-refractivity contribution is -0.136. The zero-order valence-electron chi connectivity index (χ0n) is 21.2. The molecule has 1 aliphatic heterocycles. The lowest BCUT2D eigenvalue weighted by Crippen LogP contribution is -2.34. The topological polar surface area (TPSA) is 69.6 Å². The number of amides is 1. The summed E-state index contributed by atoms with van der Waals surface area (Å²) in [6.07, 6.45) is 10.9. The highest BCUT2D eigenvalue weighted by Crippen LogP contribution is 2.42. The molecular formula is C27H44N2O3. The summed E-state index contributed by atoms with van der Waals surface area (Å²) < 4.78 is 0.